The molecule has 0 saturated carbocycles. The van der Waals surface area contributed by atoms with Crippen molar-refractivity contribution in [3.05, 3.63) is 76.9 Å². The molecule has 0 fully saturated rings. The van der Waals surface area contributed by atoms with E-state index in [1.165, 1.54) is 12.4 Å². The predicted octanol–water partition coefficient (Wildman–Crippen LogP) is 3.53. The number of hydrogen-bond acceptors (Lipinski definition) is 4. The molecule has 2 aromatic heterocycles. The van der Waals surface area contributed by atoms with Crippen LogP contribution in [0.5, 0.6) is 0 Å². The van der Waals surface area contributed by atoms with E-state index < -0.39 is 0 Å². The Morgan fingerprint density at radius 3 is 2.78 bits per heavy atom. The van der Waals surface area contributed by atoms with Crippen LogP contribution in [0.3, 0.4) is 0 Å². The molecule has 2 heterocycles. The topological polar surface area (TPSA) is 54.9 Å². The van der Waals surface area contributed by atoms with E-state index in [1.807, 2.05) is 53.9 Å². The summed E-state index contributed by atoms with van der Waals surface area (Å²) in [4.78, 5) is 21.3. The van der Waals surface area contributed by atoms with E-state index in [9.17, 15) is 4.79 Å². The Labute approximate surface area is 138 Å². The second-order valence-corrected chi connectivity index (χ2v) is 5.81. The maximum Gasteiger partial charge on any atom is 0.244 e. The smallest absolute Gasteiger partial charge is 0.244 e. The predicted molar refractivity (Wildman–Crippen MR) is 92.7 cm³/mol. The largest absolute Gasteiger partial charge is 0.347 e. The first-order chi connectivity index (χ1) is 11.3. The van der Waals surface area contributed by atoms with Crippen molar-refractivity contribution in [3.63, 3.8) is 0 Å². The molecule has 0 bridgehead atoms. The number of thiophene rings is 1. The molecule has 0 radical (unpaired) electrons. The van der Waals surface area contributed by atoms with Crippen LogP contribution in [0.25, 0.3) is 17.3 Å². The molecule has 3 aromatic rings. The summed E-state index contributed by atoms with van der Waals surface area (Å²) in [6.45, 7) is 0.371. The van der Waals surface area contributed by atoms with Gasteiger partial charge in [0.25, 0.3) is 0 Å². The number of carbonyl (C=O) groups is 1. The molecular formula is C18H15N3OS. The maximum absolute atomic E-state index is 11.8. The highest BCUT2D eigenvalue weighted by Crippen LogP contribution is 2.16. The second kappa shape index (κ2) is 7.47. The number of aromatic nitrogens is 2. The van der Waals surface area contributed by atoms with Crippen molar-refractivity contribution in [2.75, 3.05) is 0 Å². The lowest BCUT2D eigenvalue weighted by molar-refractivity contribution is -0.116. The normalized spacial score (nSPS) is 10.8. The van der Waals surface area contributed by atoms with Gasteiger partial charge in [0.2, 0.25) is 5.91 Å². The summed E-state index contributed by atoms with van der Waals surface area (Å²) in [7, 11) is 0. The van der Waals surface area contributed by atoms with Gasteiger partial charge in [-0.3, -0.25) is 4.79 Å². The fourth-order valence-electron chi connectivity index (χ4n) is 2.04. The summed E-state index contributed by atoms with van der Waals surface area (Å²) in [6, 6.07) is 15.7. The molecule has 4 nitrogen and oxygen atoms in total. The van der Waals surface area contributed by atoms with Gasteiger partial charge in [0.1, 0.15) is 6.33 Å². The Morgan fingerprint density at radius 1 is 1.13 bits per heavy atom. The van der Waals surface area contributed by atoms with E-state index in [-0.39, 0.29) is 5.91 Å². The molecule has 1 N–H and O–H groups in total. The maximum atomic E-state index is 11.8. The number of amides is 1. The van der Waals surface area contributed by atoms with Crippen molar-refractivity contribution < 1.29 is 4.79 Å². The molecule has 0 atom stereocenters. The molecule has 1 amide bonds. The van der Waals surface area contributed by atoms with Gasteiger partial charge >= 0.3 is 0 Å². The average molecular weight is 321 g/mol. The number of hydrogen-bond donors (Lipinski definition) is 1. The van der Waals surface area contributed by atoms with Crippen molar-refractivity contribution in [2.24, 2.45) is 0 Å². The molecule has 3 rings (SSSR count). The van der Waals surface area contributed by atoms with Gasteiger partial charge in [0.15, 0.2) is 0 Å². The van der Waals surface area contributed by atoms with Gasteiger partial charge in [-0.15, -0.1) is 11.3 Å². The highest BCUT2D eigenvalue weighted by atomic mass is 32.1. The zero-order chi connectivity index (χ0) is 15.9. The van der Waals surface area contributed by atoms with Crippen LogP contribution >= 0.6 is 11.3 Å². The minimum Gasteiger partial charge on any atom is -0.347 e. The van der Waals surface area contributed by atoms with Gasteiger partial charge in [0, 0.05) is 16.5 Å². The quantitative estimate of drug-likeness (QED) is 0.731. The third kappa shape index (κ3) is 4.34. The van der Waals surface area contributed by atoms with E-state index in [4.69, 9.17) is 0 Å². The van der Waals surface area contributed by atoms with Crippen LogP contribution in [0, 0.1) is 0 Å². The lowest BCUT2D eigenvalue weighted by Gasteiger charge is -2.04. The molecule has 0 spiro atoms. The van der Waals surface area contributed by atoms with Crippen LogP contribution in [-0.4, -0.2) is 15.9 Å². The SMILES string of the molecule is O=C(/C=C/c1cccs1)NCc1cc(-c2ccccc2)ncn1. The average Bonchev–Trinajstić information content (AvgIpc) is 3.13. The molecule has 0 aliphatic rings. The molecule has 0 aliphatic carbocycles. The first-order valence-corrected chi connectivity index (χ1v) is 8.05. The molecule has 5 heteroatoms. The number of nitrogens with zero attached hydrogens (tertiary/aromatic N) is 2. The van der Waals surface area contributed by atoms with E-state index in [2.05, 4.69) is 15.3 Å². The van der Waals surface area contributed by atoms with Crippen LogP contribution in [0.1, 0.15) is 10.6 Å². The van der Waals surface area contributed by atoms with Crippen LogP contribution in [0.2, 0.25) is 0 Å². The summed E-state index contributed by atoms with van der Waals surface area (Å²) in [6.07, 6.45) is 4.85. The highest BCUT2D eigenvalue weighted by Gasteiger charge is 2.03. The van der Waals surface area contributed by atoms with Crippen molar-refractivity contribution in [3.8, 4) is 11.3 Å². The monoisotopic (exact) mass is 321 g/mol. The van der Waals surface area contributed by atoms with Crippen LogP contribution < -0.4 is 5.32 Å². The van der Waals surface area contributed by atoms with E-state index in [0.717, 1.165) is 21.8 Å². The summed E-state index contributed by atoms with van der Waals surface area (Å²) >= 11 is 1.59. The zero-order valence-electron chi connectivity index (χ0n) is 12.3. The van der Waals surface area contributed by atoms with E-state index in [1.54, 1.807) is 17.4 Å². The van der Waals surface area contributed by atoms with Crippen molar-refractivity contribution in [1.82, 2.24) is 15.3 Å². The second-order valence-electron chi connectivity index (χ2n) is 4.83. The van der Waals surface area contributed by atoms with Crippen molar-refractivity contribution in [2.45, 2.75) is 6.54 Å². The van der Waals surface area contributed by atoms with E-state index in [0.29, 0.717) is 6.54 Å². The number of carbonyl (C=O) groups excluding carboxylic acids is 1. The van der Waals surface area contributed by atoms with Gasteiger partial charge < -0.3 is 5.32 Å². The molecule has 1 aromatic carbocycles. The van der Waals surface area contributed by atoms with Gasteiger partial charge in [-0.2, -0.15) is 0 Å². The van der Waals surface area contributed by atoms with E-state index >= 15 is 0 Å². The molecule has 0 unspecified atom stereocenters. The summed E-state index contributed by atoms with van der Waals surface area (Å²) in [5.74, 6) is -0.140. The molecule has 23 heavy (non-hydrogen) atoms. The molecular weight excluding hydrogens is 306 g/mol. The minimum absolute atomic E-state index is 0.140. The lowest BCUT2D eigenvalue weighted by atomic mass is 10.1. The zero-order valence-corrected chi connectivity index (χ0v) is 13.2. The summed E-state index contributed by atoms with van der Waals surface area (Å²) in [5, 5.41) is 4.80. The third-order valence-electron chi connectivity index (χ3n) is 3.18. The fourth-order valence-corrected chi connectivity index (χ4v) is 2.66. The van der Waals surface area contributed by atoms with Gasteiger partial charge in [-0.05, 0) is 23.6 Å². The van der Waals surface area contributed by atoms with Crippen LogP contribution in [-0.2, 0) is 11.3 Å². The molecule has 0 saturated heterocycles. The lowest BCUT2D eigenvalue weighted by Crippen LogP contribution is -2.20. The highest BCUT2D eigenvalue weighted by molar-refractivity contribution is 7.10. The van der Waals surface area contributed by atoms with Crippen molar-refractivity contribution in [1.29, 1.82) is 0 Å². The van der Waals surface area contributed by atoms with Crippen molar-refractivity contribution >= 4 is 23.3 Å². The first kappa shape index (κ1) is 15.1. The third-order valence-corrected chi connectivity index (χ3v) is 4.02. The van der Waals surface area contributed by atoms with Gasteiger partial charge in [-0.1, -0.05) is 36.4 Å². The standard InChI is InChI=1S/C18H15N3OS/c22-18(9-8-16-7-4-10-23-16)19-12-15-11-17(21-13-20-15)14-5-2-1-3-6-14/h1-11,13H,12H2,(H,19,22)/b9-8+. The Hall–Kier alpha value is -2.79. The Bertz CT molecular complexity index is 798. The summed E-state index contributed by atoms with van der Waals surface area (Å²) in [5.41, 5.74) is 2.65. The van der Waals surface area contributed by atoms with Gasteiger partial charge in [-0.25, -0.2) is 9.97 Å². The first-order valence-electron chi connectivity index (χ1n) is 7.17. The molecule has 114 valence electrons. The number of benzene rings is 1. The Balaban J connectivity index is 1.61. The number of nitrogens with one attached hydrogen (secondary N) is 1. The van der Waals surface area contributed by atoms with Crippen LogP contribution in [0.4, 0.5) is 0 Å². The Kier molecular flexibility index (Phi) is 4.91. The Morgan fingerprint density at radius 2 is 2.00 bits per heavy atom. The summed E-state index contributed by atoms with van der Waals surface area (Å²) < 4.78 is 0. The van der Waals surface area contributed by atoms with Gasteiger partial charge in [0.05, 0.1) is 17.9 Å². The van der Waals surface area contributed by atoms with Crippen LogP contribution in [0.15, 0.2) is 66.3 Å². The number of rotatable bonds is 5. The fraction of sp³-hybridized carbons (Fsp3) is 0.0556. The molecule has 0 aliphatic heterocycles. The minimum atomic E-state index is -0.140.